The summed E-state index contributed by atoms with van der Waals surface area (Å²) in [6.45, 7) is 1.72. The van der Waals surface area contributed by atoms with E-state index in [1.807, 2.05) is 6.08 Å². The Morgan fingerprint density at radius 2 is 1.60 bits per heavy atom. The van der Waals surface area contributed by atoms with Gasteiger partial charge in [-0.3, -0.25) is 29.3 Å². The minimum Gasteiger partial charge on any atom is -0.507 e. The van der Waals surface area contributed by atoms with Crippen molar-refractivity contribution in [2.75, 3.05) is 24.0 Å². The molecule has 4 amide bonds. The Labute approximate surface area is 269 Å². The van der Waals surface area contributed by atoms with Crippen molar-refractivity contribution < 1.29 is 38.7 Å². The Hall–Kier alpha value is -5.52. The predicted molar refractivity (Wildman–Crippen MR) is 168 cm³/mol. The molecule has 2 saturated heterocycles. The number of phenolic OH excluding ortho intramolecular Hbond substituents is 1. The van der Waals surface area contributed by atoms with Crippen LogP contribution in [0.2, 0.25) is 0 Å². The molecule has 3 aromatic carbocycles. The second kappa shape index (κ2) is 10.8. The molecule has 2 aliphatic carbocycles. The summed E-state index contributed by atoms with van der Waals surface area (Å²) in [5.41, 5.74) is -0.225. The van der Waals surface area contributed by atoms with Crippen LogP contribution in [-0.4, -0.2) is 47.9 Å². The maximum atomic E-state index is 14.6. The number of hydrogen-bond donors (Lipinski definition) is 1. The van der Waals surface area contributed by atoms with Gasteiger partial charge in [0.1, 0.15) is 17.2 Å². The van der Waals surface area contributed by atoms with E-state index in [0.29, 0.717) is 17.0 Å². The van der Waals surface area contributed by atoms with Gasteiger partial charge in [0, 0.05) is 35.7 Å². The Morgan fingerprint density at radius 3 is 2.28 bits per heavy atom. The molecule has 0 unspecified atom stereocenters. The van der Waals surface area contributed by atoms with Gasteiger partial charge >= 0.3 is 0 Å². The molecule has 2 heterocycles. The molecule has 0 spiro atoms. The number of phenols is 1. The van der Waals surface area contributed by atoms with Crippen LogP contribution in [0.15, 0.2) is 78.4 Å². The normalized spacial score (nSPS) is 28.1. The minimum atomic E-state index is -1.40. The molecular weight excluding hydrogens is 606 g/mol. The molecule has 2 aliphatic heterocycles. The summed E-state index contributed by atoms with van der Waals surface area (Å²) < 4.78 is 11.1. The van der Waals surface area contributed by atoms with Gasteiger partial charge in [-0.05, 0) is 43.9 Å². The lowest BCUT2D eigenvalue weighted by atomic mass is 9.51. The number of anilines is 2. The highest BCUT2D eigenvalue weighted by atomic mass is 16.6. The molecule has 1 saturated carbocycles. The molecule has 6 atom stereocenters. The fourth-order valence-electron chi connectivity index (χ4n) is 8.31. The molecule has 0 aromatic heterocycles. The van der Waals surface area contributed by atoms with Gasteiger partial charge in [0.25, 0.3) is 5.69 Å². The standard InChI is InChI=1S/C35H31N3O9/c1-35-25(32(41)37(34(35)43)18-8-5-4-6-9-18)17-24-22(30(35)29-26(39)15-21(46-2)16-27(29)47-3)12-13-23-28(24)33(42)36(31(23)40)19-10-7-11-20(14-19)38(44)45/h4-12,14-16,23-25,28,30,39H,13,17H2,1-3H3/t23-,24+,25-,28-,30+,35+/m0/s1. The van der Waals surface area contributed by atoms with Crippen LogP contribution in [0, 0.1) is 39.2 Å². The Morgan fingerprint density at radius 1 is 0.872 bits per heavy atom. The molecule has 3 aromatic rings. The number of carbonyl (C=O) groups excluding carboxylic acids is 4. The highest BCUT2D eigenvalue weighted by Crippen LogP contribution is 2.65. The number of para-hydroxylation sites is 1. The molecule has 4 aliphatic rings. The third-order valence-electron chi connectivity index (χ3n) is 10.4. The van der Waals surface area contributed by atoms with Crippen LogP contribution in [-0.2, 0) is 19.2 Å². The number of carbonyl (C=O) groups is 4. The van der Waals surface area contributed by atoms with Crippen LogP contribution < -0.4 is 19.3 Å². The van der Waals surface area contributed by atoms with Gasteiger partial charge in [-0.1, -0.05) is 35.9 Å². The molecule has 3 fully saturated rings. The highest BCUT2D eigenvalue weighted by Gasteiger charge is 2.68. The first kappa shape index (κ1) is 30.2. The smallest absolute Gasteiger partial charge is 0.271 e. The minimum absolute atomic E-state index is 0.0965. The van der Waals surface area contributed by atoms with Gasteiger partial charge in [-0.25, -0.2) is 9.80 Å². The first-order valence-corrected chi connectivity index (χ1v) is 15.2. The van der Waals surface area contributed by atoms with Crippen LogP contribution in [0.4, 0.5) is 17.1 Å². The van der Waals surface area contributed by atoms with Crippen molar-refractivity contribution in [1.82, 2.24) is 0 Å². The third-order valence-corrected chi connectivity index (χ3v) is 10.4. The fourth-order valence-corrected chi connectivity index (χ4v) is 8.31. The first-order chi connectivity index (χ1) is 22.5. The number of non-ortho nitro benzene ring substituents is 1. The van der Waals surface area contributed by atoms with E-state index in [9.17, 15) is 34.4 Å². The number of aromatic hydroxyl groups is 1. The second-order valence-electron chi connectivity index (χ2n) is 12.5. The highest BCUT2D eigenvalue weighted by molar-refractivity contribution is 6.25. The maximum Gasteiger partial charge on any atom is 0.271 e. The molecule has 1 N–H and O–H groups in total. The number of nitro groups is 1. The second-order valence-corrected chi connectivity index (χ2v) is 12.5. The van der Waals surface area contributed by atoms with Gasteiger partial charge in [-0.2, -0.15) is 0 Å². The summed E-state index contributed by atoms with van der Waals surface area (Å²) in [4.78, 5) is 70.1. The number of rotatable bonds is 6. The molecule has 0 bridgehead atoms. The van der Waals surface area contributed by atoms with Crippen molar-refractivity contribution in [3.05, 3.63) is 94.1 Å². The van der Waals surface area contributed by atoms with Crippen molar-refractivity contribution in [1.29, 1.82) is 0 Å². The monoisotopic (exact) mass is 637 g/mol. The van der Waals surface area contributed by atoms with Crippen LogP contribution in [0.5, 0.6) is 17.2 Å². The molecular formula is C35H31N3O9. The fraction of sp³-hybridized carbons (Fsp3) is 0.314. The quantitative estimate of drug-likeness (QED) is 0.174. The lowest BCUT2D eigenvalue weighted by Gasteiger charge is -2.49. The van der Waals surface area contributed by atoms with Crippen molar-refractivity contribution in [2.45, 2.75) is 25.7 Å². The first-order valence-electron chi connectivity index (χ1n) is 15.2. The van der Waals surface area contributed by atoms with Crippen LogP contribution in [0.3, 0.4) is 0 Å². The number of allylic oxidation sites excluding steroid dienone is 2. The number of benzene rings is 3. The number of imide groups is 2. The van der Waals surface area contributed by atoms with Crippen molar-refractivity contribution >= 4 is 40.7 Å². The predicted octanol–water partition coefficient (Wildman–Crippen LogP) is 4.75. The van der Waals surface area contributed by atoms with E-state index in [1.165, 1.54) is 49.5 Å². The molecule has 240 valence electrons. The SMILES string of the molecule is COc1cc(O)c([C@H]2C3=CC[C@@H]4C(=O)N(c5cccc([N+](=O)[O-])c5)C(=O)[C@@H]4[C@@H]3C[C@H]3C(=O)N(c4ccccc4)C(=O)[C@@]23C)c(OC)c1. The zero-order valence-corrected chi connectivity index (χ0v) is 25.8. The van der Waals surface area contributed by atoms with Gasteiger partial charge in [-0.15, -0.1) is 0 Å². The van der Waals surface area contributed by atoms with Crippen LogP contribution >= 0.6 is 0 Å². The summed E-state index contributed by atoms with van der Waals surface area (Å²) in [5.74, 6) is -5.70. The largest absolute Gasteiger partial charge is 0.507 e. The summed E-state index contributed by atoms with van der Waals surface area (Å²) in [6.07, 6.45) is 2.12. The van der Waals surface area contributed by atoms with Crippen molar-refractivity contribution in [2.24, 2.45) is 29.1 Å². The van der Waals surface area contributed by atoms with E-state index in [1.54, 1.807) is 43.3 Å². The van der Waals surface area contributed by atoms with Gasteiger partial charge < -0.3 is 14.6 Å². The zero-order chi connectivity index (χ0) is 33.4. The number of nitrogens with zero attached hydrogens (tertiary/aromatic N) is 3. The molecule has 12 heteroatoms. The summed E-state index contributed by atoms with van der Waals surface area (Å²) in [5, 5.41) is 23.0. The number of methoxy groups -OCH3 is 2. The van der Waals surface area contributed by atoms with Gasteiger partial charge in [0.15, 0.2) is 0 Å². The lowest BCUT2D eigenvalue weighted by Crippen LogP contribution is -2.49. The Kier molecular flexibility index (Phi) is 6.92. The average molecular weight is 638 g/mol. The molecule has 0 radical (unpaired) electrons. The summed E-state index contributed by atoms with van der Waals surface area (Å²) >= 11 is 0. The lowest BCUT2D eigenvalue weighted by molar-refractivity contribution is -0.384. The number of ether oxygens (including phenoxy) is 2. The number of fused-ring (bicyclic) bond motifs is 4. The summed E-state index contributed by atoms with van der Waals surface area (Å²) in [7, 11) is 2.87. The molecule has 7 rings (SSSR count). The van der Waals surface area contributed by atoms with Crippen LogP contribution in [0.1, 0.15) is 31.2 Å². The average Bonchev–Trinajstić information content (AvgIpc) is 3.44. The number of amides is 4. The van der Waals surface area contributed by atoms with Gasteiger partial charge in [0.2, 0.25) is 23.6 Å². The van der Waals surface area contributed by atoms with Crippen molar-refractivity contribution in [3.63, 3.8) is 0 Å². The molecule has 47 heavy (non-hydrogen) atoms. The van der Waals surface area contributed by atoms with E-state index >= 15 is 0 Å². The Bertz CT molecular complexity index is 1910. The van der Waals surface area contributed by atoms with Gasteiger partial charge in [0.05, 0.1) is 53.7 Å². The van der Waals surface area contributed by atoms with E-state index < -0.39 is 63.6 Å². The van der Waals surface area contributed by atoms with E-state index in [4.69, 9.17) is 9.47 Å². The Balaban J connectivity index is 1.40. The molecule has 12 nitrogen and oxygen atoms in total. The number of hydrogen-bond acceptors (Lipinski definition) is 9. The van der Waals surface area contributed by atoms with E-state index in [2.05, 4.69) is 0 Å². The van der Waals surface area contributed by atoms with Crippen molar-refractivity contribution in [3.8, 4) is 17.2 Å². The zero-order valence-electron chi connectivity index (χ0n) is 25.8. The topological polar surface area (TPSA) is 157 Å². The maximum absolute atomic E-state index is 14.6. The summed E-state index contributed by atoms with van der Waals surface area (Å²) in [6, 6.07) is 17.0. The number of nitro benzene ring substituents is 1. The third kappa shape index (κ3) is 4.20. The van der Waals surface area contributed by atoms with E-state index in [0.717, 1.165) is 4.90 Å². The van der Waals surface area contributed by atoms with Crippen LogP contribution in [0.25, 0.3) is 0 Å². The van der Waals surface area contributed by atoms with E-state index in [-0.39, 0.29) is 41.3 Å².